The van der Waals surface area contributed by atoms with Crippen molar-refractivity contribution in [3.63, 3.8) is 0 Å². The summed E-state index contributed by atoms with van der Waals surface area (Å²) in [5, 5.41) is 2.82. The largest absolute Gasteiger partial charge is 0.366 e. The van der Waals surface area contributed by atoms with Gasteiger partial charge >= 0.3 is 0 Å². The molecule has 2 rings (SSSR count). The van der Waals surface area contributed by atoms with Crippen molar-refractivity contribution in [3.05, 3.63) is 18.5 Å². The normalized spacial score (nSPS) is 26.5. The predicted molar refractivity (Wildman–Crippen MR) is 50.1 cm³/mol. The summed E-state index contributed by atoms with van der Waals surface area (Å²) in [6.45, 7) is 0. The first-order valence-electron chi connectivity index (χ1n) is 4.45. The molecule has 0 spiro atoms. The molecular formula is C9H13N3O. The van der Waals surface area contributed by atoms with Crippen molar-refractivity contribution in [2.24, 2.45) is 11.7 Å². The van der Waals surface area contributed by atoms with E-state index in [1.54, 1.807) is 12.4 Å². The SMILES string of the molecule is NC1CC(C(=O)Nc2cc[nH]c2)C1. The number of carbonyl (C=O) groups excluding carboxylic acids is 1. The van der Waals surface area contributed by atoms with Crippen molar-refractivity contribution in [1.82, 2.24) is 4.98 Å². The molecule has 1 aromatic rings. The molecule has 1 aliphatic rings. The van der Waals surface area contributed by atoms with Gasteiger partial charge in [-0.1, -0.05) is 0 Å². The molecule has 0 saturated heterocycles. The van der Waals surface area contributed by atoms with Crippen LogP contribution in [0.1, 0.15) is 12.8 Å². The highest BCUT2D eigenvalue weighted by atomic mass is 16.1. The number of hydrogen-bond acceptors (Lipinski definition) is 2. The van der Waals surface area contributed by atoms with Crippen molar-refractivity contribution in [2.75, 3.05) is 5.32 Å². The average molecular weight is 179 g/mol. The molecule has 0 bridgehead atoms. The molecule has 1 aromatic heterocycles. The molecule has 70 valence electrons. The van der Waals surface area contributed by atoms with E-state index in [9.17, 15) is 4.79 Å². The summed E-state index contributed by atoms with van der Waals surface area (Å²) in [7, 11) is 0. The number of anilines is 1. The quantitative estimate of drug-likeness (QED) is 0.625. The van der Waals surface area contributed by atoms with Crippen LogP contribution in [0.25, 0.3) is 0 Å². The third kappa shape index (κ3) is 1.72. The summed E-state index contributed by atoms with van der Waals surface area (Å²) < 4.78 is 0. The summed E-state index contributed by atoms with van der Waals surface area (Å²) >= 11 is 0. The summed E-state index contributed by atoms with van der Waals surface area (Å²) in [6, 6.07) is 2.05. The minimum absolute atomic E-state index is 0.0845. The maximum atomic E-state index is 11.5. The van der Waals surface area contributed by atoms with E-state index in [-0.39, 0.29) is 17.9 Å². The predicted octanol–water partition coefficient (Wildman–Crippen LogP) is 0.690. The van der Waals surface area contributed by atoms with Gasteiger partial charge in [0.05, 0.1) is 5.69 Å². The van der Waals surface area contributed by atoms with E-state index < -0.39 is 0 Å². The Hall–Kier alpha value is -1.29. The molecule has 4 N–H and O–H groups in total. The highest BCUT2D eigenvalue weighted by Gasteiger charge is 2.31. The van der Waals surface area contributed by atoms with Crippen molar-refractivity contribution in [3.8, 4) is 0 Å². The van der Waals surface area contributed by atoms with E-state index in [1.165, 1.54) is 0 Å². The Morgan fingerprint density at radius 3 is 2.92 bits per heavy atom. The highest BCUT2D eigenvalue weighted by molar-refractivity contribution is 5.93. The number of rotatable bonds is 2. The van der Waals surface area contributed by atoms with Crippen LogP contribution >= 0.6 is 0 Å². The first kappa shape index (κ1) is 8.31. The number of aromatic nitrogens is 1. The molecule has 0 unspecified atom stereocenters. The van der Waals surface area contributed by atoms with Crippen molar-refractivity contribution < 1.29 is 4.79 Å². The van der Waals surface area contributed by atoms with Crippen molar-refractivity contribution in [1.29, 1.82) is 0 Å². The third-order valence-corrected chi connectivity index (χ3v) is 2.41. The average Bonchev–Trinajstić information content (AvgIpc) is 2.51. The lowest BCUT2D eigenvalue weighted by molar-refractivity contribution is -0.122. The van der Waals surface area contributed by atoms with Gasteiger partial charge in [0.1, 0.15) is 0 Å². The van der Waals surface area contributed by atoms with E-state index in [0.29, 0.717) is 0 Å². The molecule has 0 radical (unpaired) electrons. The Bertz CT molecular complexity index is 288. The number of hydrogen-bond donors (Lipinski definition) is 3. The fourth-order valence-corrected chi connectivity index (χ4v) is 1.52. The zero-order chi connectivity index (χ0) is 9.26. The van der Waals surface area contributed by atoms with Crippen LogP contribution in [0.4, 0.5) is 5.69 Å². The minimum atomic E-state index is 0.0845. The lowest BCUT2D eigenvalue weighted by Gasteiger charge is -2.30. The molecule has 1 fully saturated rings. The maximum Gasteiger partial charge on any atom is 0.227 e. The van der Waals surface area contributed by atoms with Gasteiger partial charge in [0, 0.05) is 24.4 Å². The molecule has 0 aromatic carbocycles. The maximum absolute atomic E-state index is 11.5. The van der Waals surface area contributed by atoms with Gasteiger partial charge in [0.25, 0.3) is 0 Å². The van der Waals surface area contributed by atoms with Crippen LogP contribution < -0.4 is 11.1 Å². The number of aromatic amines is 1. The van der Waals surface area contributed by atoms with Crippen molar-refractivity contribution in [2.45, 2.75) is 18.9 Å². The van der Waals surface area contributed by atoms with E-state index in [4.69, 9.17) is 5.73 Å². The van der Waals surface area contributed by atoms with Gasteiger partial charge in [0.2, 0.25) is 5.91 Å². The molecule has 0 atom stereocenters. The van der Waals surface area contributed by atoms with Gasteiger partial charge in [0.15, 0.2) is 0 Å². The Morgan fingerprint density at radius 1 is 1.62 bits per heavy atom. The second kappa shape index (κ2) is 3.22. The van der Waals surface area contributed by atoms with Crippen LogP contribution in [0.3, 0.4) is 0 Å². The van der Waals surface area contributed by atoms with Gasteiger partial charge in [-0.25, -0.2) is 0 Å². The summed E-state index contributed by atoms with van der Waals surface area (Å²) in [5.74, 6) is 0.200. The molecule has 1 heterocycles. The third-order valence-electron chi connectivity index (χ3n) is 2.41. The topological polar surface area (TPSA) is 70.9 Å². The van der Waals surface area contributed by atoms with E-state index in [1.807, 2.05) is 6.07 Å². The fourth-order valence-electron chi connectivity index (χ4n) is 1.52. The second-order valence-electron chi connectivity index (χ2n) is 3.52. The van der Waals surface area contributed by atoms with Gasteiger partial charge < -0.3 is 16.0 Å². The molecule has 4 heteroatoms. The second-order valence-corrected chi connectivity index (χ2v) is 3.52. The summed E-state index contributed by atoms with van der Waals surface area (Å²) in [4.78, 5) is 14.3. The number of carbonyl (C=O) groups is 1. The Kier molecular flexibility index (Phi) is 2.06. The first-order valence-corrected chi connectivity index (χ1v) is 4.45. The van der Waals surface area contributed by atoms with Gasteiger partial charge in [-0.15, -0.1) is 0 Å². The molecule has 0 aliphatic heterocycles. The summed E-state index contributed by atoms with van der Waals surface area (Å²) in [6.07, 6.45) is 5.17. The Balaban J connectivity index is 1.86. The van der Waals surface area contributed by atoms with E-state index in [2.05, 4.69) is 10.3 Å². The Morgan fingerprint density at radius 2 is 2.38 bits per heavy atom. The number of amides is 1. The fraction of sp³-hybridized carbons (Fsp3) is 0.444. The Labute approximate surface area is 76.5 Å². The van der Waals surface area contributed by atoms with E-state index >= 15 is 0 Å². The van der Waals surface area contributed by atoms with Gasteiger partial charge in [-0.05, 0) is 18.9 Å². The molecule has 4 nitrogen and oxygen atoms in total. The first-order chi connectivity index (χ1) is 6.25. The minimum Gasteiger partial charge on any atom is -0.366 e. The van der Waals surface area contributed by atoms with Gasteiger partial charge in [-0.3, -0.25) is 4.79 Å². The monoisotopic (exact) mass is 179 g/mol. The number of nitrogens with two attached hydrogens (primary N) is 1. The van der Waals surface area contributed by atoms with Crippen LogP contribution in [-0.2, 0) is 4.79 Å². The van der Waals surface area contributed by atoms with Crippen LogP contribution in [0.5, 0.6) is 0 Å². The van der Waals surface area contributed by atoms with Gasteiger partial charge in [-0.2, -0.15) is 0 Å². The number of nitrogens with one attached hydrogen (secondary N) is 2. The lowest BCUT2D eigenvalue weighted by Crippen LogP contribution is -2.42. The zero-order valence-corrected chi connectivity index (χ0v) is 7.29. The van der Waals surface area contributed by atoms with E-state index in [0.717, 1.165) is 18.5 Å². The van der Waals surface area contributed by atoms with Crippen LogP contribution in [0.15, 0.2) is 18.5 Å². The lowest BCUT2D eigenvalue weighted by atomic mass is 9.80. The van der Waals surface area contributed by atoms with Crippen LogP contribution in [0, 0.1) is 5.92 Å². The number of H-pyrrole nitrogens is 1. The van der Waals surface area contributed by atoms with Crippen molar-refractivity contribution >= 4 is 11.6 Å². The molecule has 1 aliphatic carbocycles. The molecular weight excluding hydrogens is 166 g/mol. The molecule has 1 saturated carbocycles. The zero-order valence-electron chi connectivity index (χ0n) is 7.29. The molecule has 13 heavy (non-hydrogen) atoms. The smallest absolute Gasteiger partial charge is 0.227 e. The van der Waals surface area contributed by atoms with Crippen LogP contribution in [0.2, 0.25) is 0 Å². The van der Waals surface area contributed by atoms with Crippen LogP contribution in [-0.4, -0.2) is 16.9 Å². The standard InChI is InChI=1S/C9H13N3O/c10-7-3-6(4-7)9(13)12-8-1-2-11-5-8/h1-2,5-7,11H,3-4,10H2,(H,12,13). The molecule has 1 amide bonds. The highest BCUT2D eigenvalue weighted by Crippen LogP contribution is 2.26. The summed E-state index contributed by atoms with van der Waals surface area (Å²) in [5.41, 5.74) is 6.42.